The van der Waals surface area contributed by atoms with Crippen molar-refractivity contribution in [1.29, 1.82) is 0 Å². The van der Waals surface area contributed by atoms with E-state index in [1.54, 1.807) is 18.0 Å². The van der Waals surface area contributed by atoms with Gasteiger partial charge in [-0.1, -0.05) is 6.07 Å². The Morgan fingerprint density at radius 1 is 1.50 bits per heavy atom. The quantitative estimate of drug-likeness (QED) is 0.859. The van der Waals surface area contributed by atoms with Gasteiger partial charge in [0.25, 0.3) is 5.91 Å². The molecule has 0 radical (unpaired) electrons. The number of carbonyl (C=O) groups is 2. The second kappa shape index (κ2) is 6.46. The molecule has 0 saturated carbocycles. The molecule has 1 atom stereocenters. The monoisotopic (exact) mass is 303 g/mol. The molecule has 2 N–H and O–H groups in total. The lowest BCUT2D eigenvalue weighted by Crippen LogP contribution is -2.43. The maximum absolute atomic E-state index is 12.2. The van der Waals surface area contributed by atoms with Crippen molar-refractivity contribution in [2.75, 3.05) is 38.7 Å². The molecular weight excluding hydrogens is 282 g/mol. The van der Waals surface area contributed by atoms with Crippen LogP contribution in [0.4, 0.5) is 5.69 Å². The number of anilines is 1. The molecule has 2 amide bonds. The third-order valence-corrected chi connectivity index (χ3v) is 4.12. The molecule has 0 aromatic heterocycles. The van der Waals surface area contributed by atoms with Gasteiger partial charge in [-0.25, -0.2) is 0 Å². The SMILES string of the molecule is CN1CCc2ccc(NC(=O)CC3COCCN3)cc2C1=O. The fraction of sp³-hybridized carbons (Fsp3) is 0.500. The number of fused-ring (bicyclic) bond motifs is 1. The van der Waals surface area contributed by atoms with Crippen LogP contribution in [0, 0.1) is 0 Å². The topological polar surface area (TPSA) is 70.7 Å². The summed E-state index contributed by atoms with van der Waals surface area (Å²) in [5, 5.41) is 6.12. The summed E-state index contributed by atoms with van der Waals surface area (Å²) in [6.45, 7) is 2.77. The predicted molar refractivity (Wildman–Crippen MR) is 83.0 cm³/mol. The maximum atomic E-state index is 12.2. The Morgan fingerprint density at radius 2 is 2.36 bits per heavy atom. The van der Waals surface area contributed by atoms with Crippen LogP contribution in [0.15, 0.2) is 18.2 Å². The summed E-state index contributed by atoms with van der Waals surface area (Å²) in [5.74, 6) is -0.0562. The number of hydrogen-bond acceptors (Lipinski definition) is 4. The summed E-state index contributed by atoms with van der Waals surface area (Å²) in [4.78, 5) is 26.0. The van der Waals surface area contributed by atoms with Crippen molar-refractivity contribution in [2.24, 2.45) is 0 Å². The van der Waals surface area contributed by atoms with Crippen LogP contribution in [0.2, 0.25) is 0 Å². The van der Waals surface area contributed by atoms with Crippen molar-refractivity contribution in [1.82, 2.24) is 10.2 Å². The number of likely N-dealkylation sites (N-methyl/N-ethyl adjacent to an activating group) is 1. The molecule has 0 bridgehead atoms. The summed E-state index contributed by atoms with van der Waals surface area (Å²) < 4.78 is 5.34. The fourth-order valence-corrected chi connectivity index (χ4v) is 2.85. The maximum Gasteiger partial charge on any atom is 0.253 e. The van der Waals surface area contributed by atoms with Crippen molar-refractivity contribution < 1.29 is 14.3 Å². The van der Waals surface area contributed by atoms with Gasteiger partial charge in [0.1, 0.15) is 0 Å². The molecular formula is C16H21N3O3. The predicted octanol–water partition coefficient (Wildman–Crippen LogP) is 0.632. The molecule has 6 heteroatoms. The minimum atomic E-state index is -0.0698. The van der Waals surface area contributed by atoms with Crippen molar-refractivity contribution in [2.45, 2.75) is 18.9 Å². The highest BCUT2D eigenvalue weighted by Crippen LogP contribution is 2.22. The molecule has 3 rings (SSSR count). The van der Waals surface area contributed by atoms with E-state index < -0.39 is 0 Å². The molecule has 1 aromatic carbocycles. The Labute approximate surface area is 129 Å². The molecule has 2 heterocycles. The standard InChI is InChI=1S/C16H21N3O3/c1-19-6-4-11-2-3-12(8-14(11)16(19)21)18-15(20)9-13-10-22-7-5-17-13/h2-3,8,13,17H,4-7,9-10H2,1H3,(H,18,20). The summed E-state index contributed by atoms with van der Waals surface area (Å²) in [6.07, 6.45) is 1.22. The number of amides is 2. The van der Waals surface area contributed by atoms with Gasteiger partial charge in [0.2, 0.25) is 5.91 Å². The molecule has 1 fully saturated rings. The van der Waals surface area contributed by atoms with Crippen molar-refractivity contribution in [3.05, 3.63) is 29.3 Å². The molecule has 2 aliphatic rings. The highest BCUT2D eigenvalue weighted by molar-refractivity contribution is 5.99. The van der Waals surface area contributed by atoms with Gasteiger partial charge in [0.05, 0.1) is 13.2 Å². The summed E-state index contributed by atoms with van der Waals surface area (Å²) in [5.41, 5.74) is 2.40. The lowest BCUT2D eigenvalue weighted by molar-refractivity contribution is -0.117. The van der Waals surface area contributed by atoms with Crippen LogP contribution in [-0.2, 0) is 16.0 Å². The third kappa shape index (κ3) is 3.28. The largest absolute Gasteiger partial charge is 0.378 e. The Morgan fingerprint density at radius 3 is 3.14 bits per heavy atom. The van der Waals surface area contributed by atoms with Gasteiger partial charge in [0.15, 0.2) is 0 Å². The number of benzene rings is 1. The Kier molecular flexibility index (Phi) is 4.40. The Hall–Kier alpha value is -1.92. The lowest BCUT2D eigenvalue weighted by Gasteiger charge is -2.25. The number of nitrogens with one attached hydrogen (secondary N) is 2. The third-order valence-electron chi connectivity index (χ3n) is 4.12. The molecule has 6 nitrogen and oxygen atoms in total. The van der Waals surface area contributed by atoms with Crippen LogP contribution >= 0.6 is 0 Å². The van der Waals surface area contributed by atoms with E-state index in [9.17, 15) is 9.59 Å². The van der Waals surface area contributed by atoms with Crippen LogP contribution in [0.3, 0.4) is 0 Å². The van der Waals surface area contributed by atoms with Gasteiger partial charge in [0, 0.05) is 43.9 Å². The van der Waals surface area contributed by atoms with Crippen molar-refractivity contribution in [3.63, 3.8) is 0 Å². The van der Waals surface area contributed by atoms with Gasteiger partial charge in [-0.05, 0) is 24.1 Å². The minimum Gasteiger partial charge on any atom is -0.378 e. The average molecular weight is 303 g/mol. The molecule has 0 aliphatic carbocycles. The van der Waals surface area contributed by atoms with Gasteiger partial charge >= 0.3 is 0 Å². The zero-order valence-corrected chi connectivity index (χ0v) is 12.7. The van der Waals surface area contributed by atoms with Crippen LogP contribution in [0.25, 0.3) is 0 Å². The highest BCUT2D eigenvalue weighted by Gasteiger charge is 2.22. The van der Waals surface area contributed by atoms with Crippen LogP contribution in [-0.4, -0.2) is 56.1 Å². The van der Waals surface area contributed by atoms with Crippen molar-refractivity contribution >= 4 is 17.5 Å². The minimum absolute atomic E-state index is 0.0136. The first-order chi connectivity index (χ1) is 10.6. The molecule has 2 aliphatic heterocycles. The molecule has 1 saturated heterocycles. The Balaban J connectivity index is 1.65. The van der Waals surface area contributed by atoms with Gasteiger partial charge in [-0.15, -0.1) is 0 Å². The first kappa shape index (κ1) is 15.0. The van der Waals surface area contributed by atoms with E-state index in [2.05, 4.69) is 10.6 Å². The zero-order valence-electron chi connectivity index (χ0n) is 12.7. The number of hydrogen-bond donors (Lipinski definition) is 2. The summed E-state index contributed by atoms with van der Waals surface area (Å²) >= 11 is 0. The zero-order chi connectivity index (χ0) is 15.5. The molecule has 1 aromatic rings. The smallest absolute Gasteiger partial charge is 0.253 e. The number of morpholine rings is 1. The fourth-order valence-electron chi connectivity index (χ4n) is 2.85. The van der Waals surface area contributed by atoms with Gasteiger partial charge in [-0.3, -0.25) is 9.59 Å². The summed E-state index contributed by atoms with van der Waals surface area (Å²) in [6, 6.07) is 5.62. The average Bonchev–Trinajstić information content (AvgIpc) is 2.52. The van der Waals surface area contributed by atoms with Crippen LogP contribution < -0.4 is 10.6 Å². The number of rotatable bonds is 3. The first-order valence-corrected chi connectivity index (χ1v) is 7.63. The van der Waals surface area contributed by atoms with Crippen molar-refractivity contribution in [3.8, 4) is 0 Å². The number of carbonyl (C=O) groups excluding carboxylic acids is 2. The molecule has 118 valence electrons. The Bertz CT molecular complexity index is 582. The van der Waals surface area contributed by atoms with E-state index in [0.29, 0.717) is 30.9 Å². The second-order valence-electron chi connectivity index (χ2n) is 5.83. The lowest BCUT2D eigenvalue weighted by atomic mass is 9.98. The molecule has 1 unspecified atom stereocenters. The summed E-state index contributed by atoms with van der Waals surface area (Å²) in [7, 11) is 1.80. The molecule has 0 spiro atoms. The van der Waals surface area contributed by atoms with Gasteiger partial charge in [-0.2, -0.15) is 0 Å². The number of ether oxygens (including phenoxy) is 1. The van der Waals surface area contributed by atoms with E-state index >= 15 is 0 Å². The van der Waals surface area contributed by atoms with E-state index in [0.717, 1.165) is 25.1 Å². The highest BCUT2D eigenvalue weighted by atomic mass is 16.5. The first-order valence-electron chi connectivity index (χ1n) is 7.63. The van der Waals surface area contributed by atoms with E-state index in [-0.39, 0.29) is 17.9 Å². The molecule has 22 heavy (non-hydrogen) atoms. The number of nitrogens with zero attached hydrogens (tertiary/aromatic N) is 1. The van der Waals surface area contributed by atoms with E-state index in [1.165, 1.54) is 0 Å². The second-order valence-corrected chi connectivity index (χ2v) is 5.83. The van der Waals surface area contributed by atoms with Gasteiger partial charge < -0.3 is 20.3 Å². The normalized spacial score (nSPS) is 21.4. The van der Waals surface area contributed by atoms with E-state index in [4.69, 9.17) is 4.74 Å². The van der Waals surface area contributed by atoms with Crippen LogP contribution in [0.5, 0.6) is 0 Å². The van der Waals surface area contributed by atoms with Crippen LogP contribution in [0.1, 0.15) is 22.3 Å². The van der Waals surface area contributed by atoms with E-state index in [1.807, 2.05) is 12.1 Å².